The van der Waals surface area contributed by atoms with Gasteiger partial charge >= 0.3 is 0 Å². The molecule has 1 aliphatic rings. The van der Waals surface area contributed by atoms with Crippen molar-refractivity contribution in [3.8, 4) is 0 Å². The fourth-order valence-corrected chi connectivity index (χ4v) is 3.94. The van der Waals surface area contributed by atoms with Gasteiger partial charge in [0.15, 0.2) is 5.76 Å². The highest BCUT2D eigenvalue weighted by Gasteiger charge is 2.27. The first kappa shape index (κ1) is 34.5. The monoisotopic (exact) mass is 548 g/mol. The zero-order chi connectivity index (χ0) is 30.5. The summed E-state index contributed by atoms with van der Waals surface area (Å²) in [5, 5.41) is 0. The maximum atomic E-state index is 6.10. The fourth-order valence-electron chi connectivity index (χ4n) is 3.94. The van der Waals surface area contributed by atoms with Crippen LogP contribution >= 0.6 is 0 Å². The number of para-hydroxylation sites is 3. The lowest BCUT2D eigenvalue weighted by Gasteiger charge is -2.35. The third kappa shape index (κ3) is 10.2. The van der Waals surface area contributed by atoms with Gasteiger partial charge < -0.3 is 14.5 Å². The summed E-state index contributed by atoms with van der Waals surface area (Å²) in [7, 11) is 2.07. The average molecular weight is 549 g/mol. The van der Waals surface area contributed by atoms with Gasteiger partial charge in [-0.3, -0.25) is 0 Å². The lowest BCUT2D eigenvalue weighted by molar-refractivity contribution is 0.312. The summed E-state index contributed by atoms with van der Waals surface area (Å²) in [4.78, 5) is 4.36. The summed E-state index contributed by atoms with van der Waals surface area (Å²) in [5.74, 6) is 1.64. The SMILES string of the molecule is C=C/C=C1\C(=C/C)OC(/C=C\C)=C(/C=C\C)N1c1ccccc1.CC.CC.CN(c1ccccc1)c1ccccc1. The topological polar surface area (TPSA) is 15.7 Å². The van der Waals surface area contributed by atoms with Crippen LogP contribution in [0.15, 0.2) is 163 Å². The van der Waals surface area contributed by atoms with Gasteiger partial charge in [0.25, 0.3) is 0 Å². The molecular formula is C38H48N2O. The highest BCUT2D eigenvalue weighted by Crippen LogP contribution is 2.37. The molecule has 0 N–H and O–H groups in total. The van der Waals surface area contributed by atoms with Crippen LogP contribution in [0.2, 0.25) is 0 Å². The largest absolute Gasteiger partial charge is 0.453 e. The first-order valence-corrected chi connectivity index (χ1v) is 14.5. The highest BCUT2D eigenvalue weighted by molar-refractivity contribution is 5.67. The van der Waals surface area contributed by atoms with Crippen LogP contribution in [0.4, 0.5) is 17.1 Å². The zero-order valence-corrected chi connectivity index (χ0v) is 26.2. The molecule has 0 atom stereocenters. The van der Waals surface area contributed by atoms with E-state index < -0.39 is 0 Å². The average Bonchev–Trinajstić information content (AvgIpc) is 3.05. The molecular weight excluding hydrogens is 500 g/mol. The third-order valence-corrected chi connectivity index (χ3v) is 5.69. The van der Waals surface area contributed by atoms with Gasteiger partial charge in [-0.05, 0) is 81.5 Å². The fraction of sp³-hybridized carbons (Fsp3) is 0.211. The first-order chi connectivity index (χ1) is 20.1. The minimum Gasteiger partial charge on any atom is -0.453 e. The Morgan fingerprint density at radius 1 is 0.683 bits per heavy atom. The lowest BCUT2D eigenvalue weighted by atomic mass is 10.1. The Balaban J connectivity index is 0.000000398. The molecule has 3 nitrogen and oxygen atoms in total. The third-order valence-electron chi connectivity index (χ3n) is 5.69. The minimum absolute atomic E-state index is 0.815. The first-order valence-electron chi connectivity index (χ1n) is 14.5. The number of rotatable bonds is 6. The molecule has 1 heterocycles. The molecule has 0 aromatic heterocycles. The number of benzene rings is 3. The van der Waals surface area contributed by atoms with E-state index in [2.05, 4.69) is 90.2 Å². The standard InChI is InChI=1S/C21H23NO.C13H13N.2C2H6/c1-5-12-18-20(8-4)23-21(14-7-3)19(13-6-2)22(18)17-15-10-9-11-16-17;1-14(12-8-4-2-5-9-12)13-10-6-3-7-11-13;2*1-2/h5-16H,1H2,2-4H3;2-11H,1H3;2*1-2H3/b13-6-,14-7-,18-12+,20-8+;;;. The van der Waals surface area contributed by atoms with Gasteiger partial charge in [0.1, 0.15) is 5.76 Å². The Labute approximate surface area is 249 Å². The lowest BCUT2D eigenvalue weighted by Crippen LogP contribution is -2.28. The van der Waals surface area contributed by atoms with Crippen molar-refractivity contribution in [2.24, 2.45) is 0 Å². The van der Waals surface area contributed by atoms with Crippen molar-refractivity contribution >= 4 is 17.1 Å². The predicted octanol–water partition coefficient (Wildman–Crippen LogP) is 11.4. The van der Waals surface area contributed by atoms with E-state index in [-0.39, 0.29) is 0 Å². The summed E-state index contributed by atoms with van der Waals surface area (Å²) in [6.45, 7) is 17.8. The smallest absolute Gasteiger partial charge is 0.151 e. The van der Waals surface area contributed by atoms with Crippen LogP contribution in [-0.2, 0) is 4.74 Å². The van der Waals surface area contributed by atoms with Gasteiger partial charge in [0.2, 0.25) is 0 Å². The number of allylic oxidation sites excluding steroid dienone is 7. The van der Waals surface area contributed by atoms with E-state index in [9.17, 15) is 0 Å². The molecule has 3 aromatic carbocycles. The second kappa shape index (κ2) is 20.4. The van der Waals surface area contributed by atoms with Gasteiger partial charge in [0, 0.05) is 24.1 Å². The second-order valence-electron chi connectivity index (χ2n) is 8.19. The zero-order valence-electron chi connectivity index (χ0n) is 26.2. The van der Waals surface area contributed by atoms with E-state index in [0.29, 0.717) is 0 Å². The molecule has 1 aliphatic heterocycles. The Morgan fingerprint density at radius 3 is 1.56 bits per heavy atom. The molecule has 0 saturated heterocycles. The summed E-state index contributed by atoms with van der Waals surface area (Å²) in [6.07, 6.45) is 13.8. The van der Waals surface area contributed by atoms with Gasteiger partial charge in [0.05, 0.1) is 11.4 Å². The van der Waals surface area contributed by atoms with Crippen LogP contribution in [0, 0.1) is 0 Å². The van der Waals surface area contributed by atoms with Gasteiger partial charge in [-0.25, -0.2) is 0 Å². The number of nitrogens with zero attached hydrogens (tertiary/aromatic N) is 2. The molecule has 0 unspecified atom stereocenters. The highest BCUT2D eigenvalue weighted by atomic mass is 16.5. The van der Waals surface area contributed by atoms with Crippen molar-refractivity contribution in [3.63, 3.8) is 0 Å². The van der Waals surface area contributed by atoms with Gasteiger partial charge in [-0.15, -0.1) is 0 Å². The van der Waals surface area contributed by atoms with Crippen LogP contribution in [0.5, 0.6) is 0 Å². The maximum absolute atomic E-state index is 6.10. The van der Waals surface area contributed by atoms with E-state index in [4.69, 9.17) is 4.74 Å². The van der Waals surface area contributed by atoms with Crippen molar-refractivity contribution in [1.82, 2.24) is 0 Å². The molecule has 0 radical (unpaired) electrons. The van der Waals surface area contributed by atoms with Crippen molar-refractivity contribution in [3.05, 3.63) is 163 Å². The van der Waals surface area contributed by atoms with Crippen LogP contribution in [0.25, 0.3) is 0 Å². The normalized spacial score (nSPS) is 14.4. The Kier molecular flexibility index (Phi) is 17.2. The molecule has 4 rings (SSSR count). The molecule has 3 heteroatoms. The van der Waals surface area contributed by atoms with E-state index >= 15 is 0 Å². The molecule has 3 aromatic rings. The minimum atomic E-state index is 0.815. The Bertz CT molecular complexity index is 1240. The second-order valence-corrected chi connectivity index (χ2v) is 8.19. The molecule has 0 aliphatic carbocycles. The Morgan fingerprint density at radius 2 is 1.15 bits per heavy atom. The quantitative estimate of drug-likeness (QED) is 0.305. The van der Waals surface area contributed by atoms with Gasteiger partial charge in [-0.2, -0.15) is 0 Å². The molecule has 41 heavy (non-hydrogen) atoms. The molecule has 216 valence electrons. The summed E-state index contributed by atoms with van der Waals surface area (Å²) in [5.41, 5.74) is 5.46. The van der Waals surface area contributed by atoms with E-state index in [1.165, 1.54) is 11.4 Å². The Hall–Kier alpha value is -4.50. The molecule has 0 bridgehead atoms. The molecule has 0 spiro atoms. The van der Waals surface area contributed by atoms with E-state index in [1.54, 1.807) is 6.08 Å². The summed E-state index contributed by atoms with van der Waals surface area (Å²) in [6, 6.07) is 30.9. The molecule has 0 amide bonds. The number of ether oxygens (including phenoxy) is 1. The van der Waals surface area contributed by atoms with Crippen molar-refractivity contribution in [1.29, 1.82) is 0 Å². The number of hydrogen-bond acceptors (Lipinski definition) is 3. The van der Waals surface area contributed by atoms with Crippen LogP contribution in [0.3, 0.4) is 0 Å². The summed E-state index contributed by atoms with van der Waals surface area (Å²) >= 11 is 0. The van der Waals surface area contributed by atoms with Crippen molar-refractivity contribution in [2.75, 3.05) is 16.8 Å². The van der Waals surface area contributed by atoms with Crippen LogP contribution in [-0.4, -0.2) is 7.05 Å². The number of anilines is 3. The van der Waals surface area contributed by atoms with Crippen molar-refractivity contribution in [2.45, 2.75) is 48.5 Å². The number of hydrogen-bond donors (Lipinski definition) is 0. The molecule has 0 fully saturated rings. The maximum Gasteiger partial charge on any atom is 0.151 e. The van der Waals surface area contributed by atoms with Crippen molar-refractivity contribution < 1.29 is 4.74 Å². The van der Waals surface area contributed by atoms with E-state index in [1.807, 2.05) is 109 Å². The summed E-state index contributed by atoms with van der Waals surface area (Å²) < 4.78 is 6.10. The van der Waals surface area contributed by atoms with Crippen LogP contribution in [0.1, 0.15) is 48.5 Å². The molecule has 0 saturated carbocycles. The van der Waals surface area contributed by atoms with Gasteiger partial charge in [-0.1, -0.05) is 107 Å². The van der Waals surface area contributed by atoms with E-state index in [0.717, 1.165) is 28.6 Å². The predicted molar refractivity (Wildman–Crippen MR) is 182 cm³/mol. The van der Waals surface area contributed by atoms with Crippen LogP contribution < -0.4 is 9.80 Å².